The average molecular weight is 255 g/mol. The molecule has 1 fully saturated rings. The lowest BCUT2D eigenvalue weighted by molar-refractivity contribution is -0.0279. The second-order valence-corrected chi connectivity index (χ2v) is 5.99. The number of hydrogen-bond acceptors (Lipinski definition) is 2. The highest BCUT2D eigenvalue weighted by atomic mass is 16.5. The molecule has 0 aliphatic heterocycles. The molecule has 1 saturated carbocycles. The van der Waals surface area contributed by atoms with Crippen LogP contribution in [0.2, 0.25) is 0 Å². The number of methoxy groups -OCH3 is 1. The molecule has 18 heavy (non-hydrogen) atoms. The van der Waals surface area contributed by atoms with Crippen LogP contribution in [0.15, 0.2) is 0 Å². The van der Waals surface area contributed by atoms with Crippen molar-refractivity contribution in [1.82, 2.24) is 0 Å². The third-order valence-electron chi connectivity index (χ3n) is 4.65. The third kappa shape index (κ3) is 4.89. The van der Waals surface area contributed by atoms with E-state index in [1.54, 1.807) is 0 Å². The Morgan fingerprint density at radius 2 is 1.56 bits per heavy atom. The SMILES string of the molecule is CCCCCCCCCC(N)C1(OC)CCCC1. The molecule has 0 spiro atoms. The van der Waals surface area contributed by atoms with Crippen molar-refractivity contribution in [2.24, 2.45) is 5.73 Å². The van der Waals surface area contributed by atoms with Crippen LogP contribution in [0.3, 0.4) is 0 Å². The largest absolute Gasteiger partial charge is 0.377 e. The van der Waals surface area contributed by atoms with E-state index in [0.29, 0.717) is 0 Å². The molecule has 0 aromatic rings. The summed E-state index contributed by atoms with van der Waals surface area (Å²) in [5, 5.41) is 0. The van der Waals surface area contributed by atoms with Gasteiger partial charge in [-0.15, -0.1) is 0 Å². The summed E-state index contributed by atoms with van der Waals surface area (Å²) in [5.74, 6) is 0. The molecule has 2 N–H and O–H groups in total. The van der Waals surface area contributed by atoms with Crippen molar-refractivity contribution in [1.29, 1.82) is 0 Å². The van der Waals surface area contributed by atoms with Gasteiger partial charge in [-0.3, -0.25) is 0 Å². The van der Waals surface area contributed by atoms with Gasteiger partial charge in [0.25, 0.3) is 0 Å². The fourth-order valence-electron chi connectivity index (χ4n) is 3.28. The molecular formula is C16H33NO. The number of rotatable bonds is 10. The monoisotopic (exact) mass is 255 g/mol. The molecule has 1 unspecified atom stereocenters. The Morgan fingerprint density at radius 3 is 2.11 bits per heavy atom. The van der Waals surface area contributed by atoms with Gasteiger partial charge in [-0.05, 0) is 19.3 Å². The number of nitrogens with two attached hydrogens (primary N) is 1. The van der Waals surface area contributed by atoms with Crippen molar-refractivity contribution in [2.75, 3.05) is 7.11 Å². The van der Waals surface area contributed by atoms with Gasteiger partial charge in [0.1, 0.15) is 0 Å². The fourth-order valence-corrected chi connectivity index (χ4v) is 3.28. The van der Waals surface area contributed by atoms with Crippen molar-refractivity contribution in [3.8, 4) is 0 Å². The predicted octanol–water partition coefficient (Wildman–Crippen LogP) is 4.41. The van der Waals surface area contributed by atoms with Gasteiger partial charge in [-0.25, -0.2) is 0 Å². The number of unbranched alkanes of at least 4 members (excludes halogenated alkanes) is 6. The summed E-state index contributed by atoms with van der Waals surface area (Å²) in [6, 6.07) is 0.251. The summed E-state index contributed by atoms with van der Waals surface area (Å²) in [5.41, 5.74) is 6.38. The first-order chi connectivity index (χ1) is 8.75. The Labute approximate surface area is 114 Å². The van der Waals surface area contributed by atoms with Crippen molar-refractivity contribution in [3.05, 3.63) is 0 Å². The van der Waals surface area contributed by atoms with Crippen LogP contribution in [0.4, 0.5) is 0 Å². The number of hydrogen-bond donors (Lipinski definition) is 1. The first kappa shape index (κ1) is 16.0. The van der Waals surface area contributed by atoms with Gasteiger partial charge in [0.2, 0.25) is 0 Å². The minimum atomic E-state index is 0.0161. The standard InChI is InChI=1S/C16H33NO/c1-3-4-5-6-7-8-9-12-15(17)16(18-2)13-10-11-14-16/h15H,3-14,17H2,1-2H3. The minimum Gasteiger partial charge on any atom is -0.377 e. The Morgan fingerprint density at radius 1 is 1.00 bits per heavy atom. The molecule has 2 nitrogen and oxygen atoms in total. The molecule has 108 valence electrons. The molecule has 1 rings (SSSR count). The molecule has 1 aliphatic rings. The summed E-state index contributed by atoms with van der Waals surface area (Å²) in [6.45, 7) is 2.27. The van der Waals surface area contributed by atoms with Gasteiger partial charge >= 0.3 is 0 Å². The summed E-state index contributed by atoms with van der Waals surface area (Å²) in [7, 11) is 1.84. The van der Waals surface area contributed by atoms with Crippen molar-refractivity contribution in [2.45, 2.75) is 95.6 Å². The molecule has 1 aliphatic carbocycles. The molecule has 0 aromatic carbocycles. The van der Waals surface area contributed by atoms with Gasteiger partial charge < -0.3 is 10.5 Å². The Bertz CT molecular complexity index is 199. The van der Waals surface area contributed by atoms with Crippen LogP contribution >= 0.6 is 0 Å². The van der Waals surface area contributed by atoms with Crippen molar-refractivity contribution in [3.63, 3.8) is 0 Å². The van der Waals surface area contributed by atoms with E-state index in [0.717, 1.165) is 6.42 Å². The zero-order valence-corrected chi connectivity index (χ0v) is 12.5. The van der Waals surface area contributed by atoms with E-state index in [2.05, 4.69) is 6.92 Å². The van der Waals surface area contributed by atoms with Gasteiger partial charge in [0.05, 0.1) is 5.60 Å². The molecule has 0 radical (unpaired) electrons. The maximum absolute atomic E-state index is 6.36. The van der Waals surface area contributed by atoms with Crippen LogP contribution in [0, 0.1) is 0 Å². The van der Waals surface area contributed by atoms with E-state index in [-0.39, 0.29) is 11.6 Å². The zero-order valence-electron chi connectivity index (χ0n) is 12.5. The Kier molecular flexibility index (Phi) is 7.92. The zero-order chi connectivity index (χ0) is 13.3. The van der Waals surface area contributed by atoms with E-state index in [4.69, 9.17) is 10.5 Å². The van der Waals surface area contributed by atoms with Crippen molar-refractivity contribution < 1.29 is 4.74 Å². The van der Waals surface area contributed by atoms with Gasteiger partial charge in [-0.1, -0.05) is 64.7 Å². The molecular weight excluding hydrogens is 222 g/mol. The summed E-state index contributed by atoms with van der Waals surface area (Å²) < 4.78 is 5.75. The quantitative estimate of drug-likeness (QED) is 0.587. The lowest BCUT2D eigenvalue weighted by Crippen LogP contribution is -2.47. The molecule has 0 aromatic heterocycles. The molecule has 1 atom stereocenters. The van der Waals surface area contributed by atoms with Crippen LogP contribution in [0.5, 0.6) is 0 Å². The van der Waals surface area contributed by atoms with Crippen LogP contribution in [0.25, 0.3) is 0 Å². The highest BCUT2D eigenvalue weighted by Gasteiger charge is 2.39. The second-order valence-electron chi connectivity index (χ2n) is 5.99. The van der Waals surface area contributed by atoms with E-state index >= 15 is 0 Å². The maximum Gasteiger partial charge on any atom is 0.0828 e. The van der Waals surface area contributed by atoms with Gasteiger partial charge in [0, 0.05) is 13.2 Å². The minimum absolute atomic E-state index is 0.0161. The summed E-state index contributed by atoms with van der Waals surface area (Å²) in [4.78, 5) is 0. The van der Waals surface area contributed by atoms with E-state index in [9.17, 15) is 0 Å². The predicted molar refractivity (Wildman–Crippen MR) is 78.8 cm³/mol. The molecule has 0 amide bonds. The number of ether oxygens (including phenoxy) is 1. The highest BCUT2D eigenvalue weighted by Crippen LogP contribution is 2.36. The normalized spacial score (nSPS) is 20.2. The topological polar surface area (TPSA) is 35.2 Å². The smallest absolute Gasteiger partial charge is 0.0828 e. The van der Waals surface area contributed by atoms with Crippen molar-refractivity contribution >= 4 is 0 Å². The van der Waals surface area contributed by atoms with E-state index in [1.165, 1.54) is 70.6 Å². The lowest BCUT2D eigenvalue weighted by atomic mass is 9.88. The van der Waals surface area contributed by atoms with Crippen LogP contribution in [-0.2, 0) is 4.74 Å². The Balaban J connectivity index is 2.07. The molecule has 2 heteroatoms. The van der Waals surface area contributed by atoms with E-state index < -0.39 is 0 Å². The molecule has 0 saturated heterocycles. The summed E-state index contributed by atoms with van der Waals surface area (Å²) >= 11 is 0. The molecule has 0 bridgehead atoms. The van der Waals surface area contributed by atoms with Gasteiger partial charge in [-0.2, -0.15) is 0 Å². The fraction of sp³-hybridized carbons (Fsp3) is 1.00. The van der Waals surface area contributed by atoms with Crippen LogP contribution in [0.1, 0.15) is 84.0 Å². The summed E-state index contributed by atoms with van der Waals surface area (Å²) in [6.07, 6.45) is 15.6. The maximum atomic E-state index is 6.36. The highest BCUT2D eigenvalue weighted by molar-refractivity contribution is 4.94. The average Bonchev–Trinajstić information content (AvgIpc) is 2.87. The third-order valence-corrected chi connectivity index (χ3v) is 4.65. The second kappa shape index (κ2) is 8.92. The van der Waals surface area contributed by atoms with Crippen LogP contribution in [-0.4, -0.2) is 18.8 Å². The first-order valence-corrected chi connectivity index (χ1v) is 8.06. The lowest BCUT2D eigenvalue weighted by Gasteiger charge is -2.34. The van der Waals surface area contributed by atoms with Crippen LogP contribution < -0.4 is 5.73 Å². The van der Waals surface area contributed by atoms with E-state index in [1.807, 2.05) is 7.11 Å². The first-order valence-electron chi connectivity index (χ1n) is 8.06. The Hall–Kier alpha value is -0.0800. The molecule has 0 heterocycles. The van der Waals surface area contributed by atoms with Gasteiger partial charge in [0.15, 0.2) is 0 Å².